The van der Waals surface area contributed by atoms with E-state index >= 15 is 0 Å². The van der Waals surface area contributed by atoms with E-state index in [1.54, 1.807) is 7.11 Å². The fourth-order valence-corrected chi connectivity index (χ4v) is 2.94. The molecule has 2 aliphatic rings. The third-order valence-electron chi connectivity index (χ3n) is 3.80. The van der Waals surface area contributed by atoms with Crippen LogP contribution in [0.1, 0.15) is 25.7 Å². The van der Waals surface area contributed by atoms with Gasteiger partial charge in [0.2, 0.25) is 5.91 Å². The van der Waals surface area contributed by atoms with Gasteiger partial charge in [0.05, 0.1) is 0 Å². The van der Waals surface area contributed by atoms with Crippen LogP contribution in [0.5, 0.6) is 0 Å². The molecule has 1 N–H and O–H groups in total. The highest BCUT2D eigenvalue weighted by Crippen LogP contribution is 2.21. The molecule has 5 heteroatoms. The lowest BCUT2D eigenvalue weighted by Gasteiger charge is -2.41. The van der Waals surface area contributed by atoms with E-state index in [0.29, 0.717) is 12.1 Å². The summed E-state index contributed by atoms with van der Waals surface area (Å²) in [5, 5.41) is 3.39. The summed E-state index contributed by atoms with van der Waals surface area (Å²) in [7, 11) is 1.58. The van der Waals surface area contributed by atoms with Gasteiger partial charge in [-0.05, 0) is 32.2 Å². The minimum absolute atomic E-state index is 0.123. The summed E-state index contributed by atoms with van der Waals surface area (Å²) >= 11 is 0. The molecule has 0 spiro atoms. The molecule has 0 saturated carbocycles. The molecular weight excluding hydrogens is 232 g/mol. The summed E-state index contributed by atoms with van der Waals surface area (Å²) < 4.78 is 10.4. The van der Waals surface area contributed by atoms with Crippen molar-refractivity contribution in [3.8, 4) is 0 Å². The molecule has 0 bridgehead atoms. The molecule has 0 aromatic heterocycles. The van der Waals surface area contributed by atoms with Crippen LogP contribution in [-0.4, -0.2) is 62.9 Å². The van der Waals surface area contributed by atoms with Gasteiger partial charge in [0, 0.05) is 39.0 Å². The zero-order valence-electron chi connectivity index (χ0n) is 11.2. The fourth-order valence-electron chi connectivity index (χ4n) is 2.94. The first-order valence-electron chi connectivity index (χ1n) is 6.91. The number of piperidine rings is 1. The molecular formula is C13H24N2O3. The maximum Gasteiger partial charge on any atom is 0.249 e. The monoisotopic (exact) mass is 256 g/mol. The Hall–Kier alpha value is -0.650. The molecule has 0 aromatic carbocycles. The topological polar surface area (TPSA) is 50.8 Å². The summed E-state index contributed by atoms with van der Waals surface area (Å²) in [6, 6.07) is 0.649. The summed E-state index contributed by atoms with van der Waals surface area (Å²) in [6.07, 6.45) is 4.14. The number of hydrogen-bond donors (Lipinski definition) is 1. The van der Waals surface area contributed by atoms with E-state index in [1.807, 2.05) is 0 Å². The molecule has 2 rings (SSSR count). The first kappa shape index (κ1) is 13.8. The summed E-state index contributed by atoms with van der Waals surface area (Å²) in [5.74, 6) is 0.123. The lowest BCUT2D eigenvalue weighted by Crippen LogP contribution is -2.55. The van der Waals surface area contributed by atoms with Gasteiger partial charge < -0.3 is 19.7 Å². The summed E-state index contributed by atoms with van der Waals surface area (Å²) in [4.78, 5) is 14.3. The van der Waals surface area contributed by atoms with Gasteiger partial charge in [0.15, 0.2) is 0 Å². The van der Waals surface area contributed by atoms with E-state index in [0.717, 1.165) is 52.0 Å². The molecule has 2 saturated heterocycles. The minimum atomic E-state index is 0.123. The summed E-state index contributed by atoms with van der Waals surface area (Å²) in [6.45, 7) is 3.69. The zero-order chi connectivity index (χ0) is 12.8. The minimum Gasteiger partial charge on any atom is -0.381 e. The number of carbonyl (C=O) groups excluding carboxylic acids is 1. The van der Waals surface area contributed by atoms with E-state index in [4.69, 9.17) is 9.47 Å². The Labute approximate surface area is 109 Å². The van der Waals surface area contributed by atoms with Crippen LogP contribution in [0.4, 0.5) is 0 Å². The molecule has 0 aromatic rings. The van der Waals surface area contributed by atoms with Gasteiger partial charge in [-0.1, -0.05) is 0 Å². The van der Waals surface area contributed by atoms with Crippen molar-refractivity contribution in [3.63, 3.8) is 0 Å². The Kier molecular flexibility index (Phi) is 5.41. The summed E-state index contributed by atoms with van der Waals surface area (Å²) in [5.41, 5.74) is 0. The van der Waals surface area contributed by atoms with E-state index in [2.05, 4.69) is 10.2 Å². The van der Waals surface area contributed by atoms with Crippen LogP contribution in [-0.2, 0) is 14.3 Å². The van der Waals surface area contributed by atoms with Gasteiger partial charge in [-0.2, -0.15) is 0 Å². The first-order chi connectivity index (χ1) is 8.83. The van der Waals surface area contributed by atoms with Gasteiger partial charge in [-0.3, -0.25) is 4.79 Å². The van der Waals surface area contributed by atoms with Crippen LogP contribution in [0.25, 0.3) is 0 Å². The van der Waals surface area contributed by atoms with Crippen LogP contribution in [0, 0.1) is 0 Å². The number of nitrogens with zero attached hydrogens (tertiary/aromatic N) is 1. The second-order valence-corrected chi connectivity index (χ2v) is 5.08. The lowest BCUT2D eigenvalue weighted by atomic mass is 9.99. The molecule has 1 amide bonds. The molecule has 2 fully saturated rings. The Balaban J connectivity index is 2.02. The molecule has 2 heterocycles. The predicted molar refractivity (Wildman–Crippen MR) is 68.5 cm³/mol. The third kappa shape index (κ3) is 3.43. The SMILES string of the molecule is COCC(=O)N(C1CCOCC1)C1CCCNC1. The van der Waals surface area contributed by atoms with Gasteiger partial charge in [-0.15, -0.1) is 0 Å². The van der Waals surface area contributed by atoms with Crippen LogP contribution < -0.4 is 5.32 Å². The number of rotatable bonds is 4. The van der Waals surface area contributed by atoms with E-state index < -0.39 is 0 Å². The zero-order valence-corrected chi connectivity index (χ0v) is 11.2. The van der Waals surface area contributed by atoms with Crippen molar-refractivity contribution in [2.45, 2.75) is 37.8 Å². The first-order valence-corrected chi connectivity index (χ1v) is 6.91. The van der Waals surface area contributed by atoms with Crippen molar-refractivity contribution in [2.75, 3.05) is 40.0 Å². The van der Waals surface area contributed by atoms with Crippen molar-refractivity contribution >= 4 is 5.91 Å². The molecule has 18 heavy (non-hydrogen) atoms. The largest absolute Gasteiger partial charge is 0.381 e. The molecule has 5 nitrogen and oxygen atoms in total. The maximum atomic E-state index is 12.3. The van der Waals surface area contributed by atoms with E-state index in [9.17, 15) is 4.79 Å². The van der Waals surface area contributed by atoms with Gasteiger partial charge >= 0.3 is 0 Å². The Morgan fingerprint density at radius 2 is 2.11 bits per heavy atom. The second kappa shape index (κ2) is 7.07. The Bertz CT molecular complexity index is 243. The van der Waals surface area contributed by atoms with Crippen LogP contribution in [0.3, 0.4) is 0 Å². The number of nitrogens with one attached hydrogen (secondary N) is 1. The number of amides is 1. The van der Waals surface area contributed by atoms with Crippen molar-refractivity contribution in [1.82, 2.24) is 10.2 Å². The van der Waals surface area contributed by atoms with Crippen LogP contribution in [0.15, 0.2) is 0 Å². The average molecular weight is 256 g/mol. The molecule has 1 atom stereocenters. The van der Waals surface area contributed by atoms with Crippen molar-refractivity contribution in [3.05, 3.63) is 0 Å². The maximum absolute atomic E-state index is 12.3. The third-order valence-corrected chi connectivity index (χ3v) is 3.80. The fraction of sp³-hybridized carbons (Fsp3) is 0.923. The highest BCUT2D eigenvalue weighted by molar-refractivity contribution is 5.78. The lowest BCUT2D eigenvalue weighted by molar-refractivity contribution is -0.143. The van der Waals surface area contributed by atoms with Gasteiger partial charge in [0.1, 0.15) is 6.61 Å². The van der Waals surface area contributed by atoms with E-state index in [-0.39, 0.29) is 12.5 Å². The molecule has 1 unspecified atom stereocenters. The number of methoxy groups -OCH3 is 1. The number of hydrogen-bond acceptors (Lipinski definition) is 4. The standard InChI is InChI=1S/C13H24N2O3/c1-17-10-13(16)15(11-4-7-18-8-5-11)12-3-2-6-14-9-12/h11-12,14H,2-10H2,1H3. The smallest absolute Gasteiger partial charge is 0.249 e. The van der Waals surface area contributed by atoms with Crippen molar-refractivity contribution in [1.29, 1.82) is 0 Å². The molecule has 0 aliphatic carbocycles. The highest BCUT2D eigenvalue weighted by atomic mass is 16.5. The quantitative estimate of drug-likeness (QED) is 0.790. The predicted octanol–water partition coefficient (Wildman–Crippen LogP) is 0.392. The van der Waals surface area contributed by atoms with E-state index in [1.165, 1.54) is 0 Å². The molecule has 0 radical (unpaired) electrons. The van der Waals surface area contributed by atoms with Crippen molar-refractivity contribution in [2.24, 2.45) is 0 Å². The van der Waals surface area contributed by atoms with Crippen LogP contribution in [0.2, 0.25) is 0 Å². The highest BCUT2D eigenvalue weighted by Gasteiger charge is 2.32. The molecule has 2 aliphatic heterocycles. The Morgan fingerprint density at radius 3 is 2.72 bits per heavy atom. The average Bonchev–Trinajstić information content (AvgIpc) is 2.42. The van der Waals surface area contributed by atoms with Crippen LogP contribution >= 0.6 is 0 Å². The number of carbonyl (C=O) groups is 1. The van der Waals surface area contributed by atoms with Crippen molar-refractivity contribution < 1.29 is 14.3 Å². The van der Waals surface area contributed by atoms with Gasteiger partial charge in [-0.25, -0.2) is 0 Å². The number of ether oxygens (including phenoxy) is 2. The Morgan fingerprint density at radius 1 is 1.33 bits per heavy atom. The normalized spacial score (nSPS) is 25.9. The second-order valence-electron chi connectivity index (χ2n) is 5.08. The molecule has 104 valence electrons. The van der Waals surface area contributed by atoms with Gasteiger partial charge in [0.25, 0.3) is 0 Å².